The standard InChI is InChI=1S/C13H22N2O3S/c1-10-2-4-11(5-3-10)7-15-19(17,18)13-6-12(9-16)14-8-13/h6,8,10-11,14-16H,2-5,7,9H2,1H3. The second-order valence-corrected chi connectivity index (χ2v) is 7.26. The molecule has 3 N–H and O–H groups in total. The average Bonchev–Trinajstić information content (AvgIpc) is 2.88. The maximum absolute atomic E-state index is 12.1. The van der Waals surface area contributed by atoms with Crippen LogP contribution in [0.3, 0.4) is 0 Å². The zero-order valence-electron chi connectivity index (χ0n) is 11.2. The summed E-state index contributed by atoms with van der Waals surface area (Å²) in [4.78, 5) is 2.93. The number of hydrogen-bond acceptors (Lipinski definition) is 3. The number of nitrogens with one attached hydrogen (secondary N) is 2. The molecule has 2 rings (SSSR count). The van der Waals surface area contributed by atoms with Crippen molar-refractivity contribution in [1.29, 1.82) is 0 Å². The Labute approximate surface area is 114 Å². The SMILES string of the molecule is CC1CCC(CNS(=O)(=O)c2c[nH]c(CO)c2)CC1. The van der Waals surface area contributed by atoms with E-state index in [2.05, 4.69) is 16.6 Å². The number of aliphatic hydroxyl groups is 1. The third-order valence-corrected chi connectivity index (χ3v) is 5.30. The Morgan fingerprint density at radius 1 is 1.37 bits per heavy atom. The van der Waals surface area contributed by atoms with Crippen molar-refractivity contribution in [3.63, 3.8) is 0 Å². The van der Waals surface area contributed by atoms with Crippen LogP contribution < -0.4 is 4.72 Å². The molecule has 0 unspecified atom stereocenters. The summed E-state index contributed by atoms with van der Waals surface area (Å²) in [5.74, 6) is 1.21. The lowest BCUT2D eigenvalue weighted by Gasteiger charge is -2.26. The summed E-state index contributed by atoms with van der Waals surface area (Å²) in [5.41, 5.74) is 0.506. The molecule has 6 heteroatoms. The third kappa shape index (κ3) is 3.81. The lowest BCUT2D eigenvalue weighted by Crippen LogP contribution is -2.31. The van der Waals surface area contributed by atoms with E-state index in [0.29, 0.717) is 18.2 Å². The van der Waals surface area contributed by atoms with Gasteiger partial charge in [0.25, 0.3) is 0 Å². The van der Waals surface area contributed by atoms with Crippen LogP contribution in [0.25, 0.3) is 0 Å². The zero-order valence-corrected chi connectivity index (χ0v) is 12.0. The maximum atomic E-state index is 12.1. The normalized spacial score (nSPS) is 24.5. The molecule has 1 aromatic heterocycles. The predicted octanol–water partition coefficient (Wildman–Crippen LogP) is 1.61. The number of rotatable bonds is 5. The van der Waals surface area contributed by atoms with Crippen LogP contribution in [0.4, 0.5) is 0 Å². The van der Waals surface area contributed by atoms with Crippen molar-refractivity contribution in [3.05, 3.63) is 18.0 Å². The van der Waals surface area contributed by atoms with Gasteiger partial charge in [-0.15, -0.1) is 0 Å². The quantitative estimate of drug-likeness (QED) is 0.769. The highest BCUT2D eigenvalue weighted by molar-refractivity contribution is 7.89. The first-order chi connectivity index (χ1) is 9.01. The Morgan fingerprint density at radius 3 is 2.63 bits per heavy atom. The maximum Gasteiger partial charge on any atom is 0.242 e. The zero-order chi connectivity index (χ0) is 13.9. The van der Waals surface area contributed by atoms with Gasteiger partial charge in [0.15, 0.2) is 0 Å². The van der Waals surface area contributed by atoms with Gasteiger partial charge in [-0.2, -0.15) is 0 Å². The van der Waals surface area contributed by atoms with Gasteiger partial charge in [0, 0.05) is 18.4 Å². The number of aliphatic hydroxyl groups excluding tert-OH is 1. The van der Waals surface area contributed by atoms with E-state index in [0.717, 1.165) is 18.8 Å². The molecule has 0 radical (unpaired) electrons. The molecule has 1 fully saturated rings. The van der Waals surface area contributed by atoms with Crippen LogP contribution in [0, 0.1) is 11.8 Å². The fourth-order valence-electron chi connectivity index (χ4n) is 2.51. The van der Waals surface area contributed by atoms with Gasteiger partial charge in [-0.05, 0) is 30.7 Å². The van der Waals surface area contributed by atoms with Gasteiger partial charge in [-0.1, -0.05) is 19.8 Å². The lowest BCUT2D eigenvalue weighted by atomic mass is 9.83. The number of aromatic nitrogens is 1. The molecule has 1 aliphatic rings. The average molecular weight is 286 g/mol. The Hall–Kier alpha value is -0.850. The van der Waals surface area contributed by atoms with Gasteiger partial charge in [0.05, 0.1) is 11.5 Å². The highest BCUT2D eigenvalue weighted by atomic mass is 32.2. The fraction of sp³-hybridized carbons (Fsp3) is 0.692. The number of hydrogen-bond donors (Lipinski definition) is 3. The Bertz CT molecular complexity index is 502. The summed E-state index contributed by atoms with van der Waals surface area (Å²) < 4.78 is 26.8. The number of aromatic amines is 1. The van der Waals surface area contributed by atoms with Crippen molar-refractivity contribution in [2.75, 3.05) is 6.54 Å². The molecule has 0 amide bonds. The molecular formula is C13H22N2O3S. The van der Waals surface area contributed by atoms with E-state index in [1.165, 1.54) is 25.1 Å². The van der Waals surface area contributed by atoms with Gasteiger partial charge in [0.2, 0.25) is 10.0 Å². The first-order valence-electron chi connectivity index (χ1n) is 6.79. The van der Waals surface area contributed by atoms with E-state index >= 15 is 0 Å². The molecule has 0 bridgehead atoms. The molecule has 19 heavy (non-hydrogen) atoms. The van der Waals surface area contributed by atoms with Gasteiger partial charge in [-0.3, -0.25) is 0 Å². The van der Waals surface area contributed by atoms with E-state index in [1.54, 1.807) is 0 Å². The molecule has 1 saturated carbocycles. The first kappa shape index (κ1) is 14.6. The van der Waals surface area contributed by atoms with Crippen molar-refractivity contribution < 1.29 is 13.5 Å². The molecule has 1 heterocycles. The topological polar surface area (TPSA) is 82.2 Å². The minimum Gasteiger partial charge on any atom is -0.390 e. The largest absolute Gasteiger partial charge is 0.390 e. The summed E-state index contributed by atoms with van der Waals surface area (Å²) in [7, 11) is -3.45. The van der Waals surface area contributed by atoms with E-state index in [1.807, 2.05) is 0 Å². The first-order valence-corrected chi connectivity index (χ1v) is 8.27. The van der Waals surface area contributed by atoms with Crippen LogP contribution in [0.2, 0.25) is 0 Å². The van der Waals surface area contributed by atoms with Crippen LogP contribution in [0.15, 0.2) is 17.2 Å². The van der Waals surface area contributed by atoms with Crippen LogP contribution >= 0.6 is 0 Å². The Morgan fingerprint density at radius 2 is 2.05 bits per heavy atom. The van der Waals surface area contributed by atoms with Gasteiger partial charge in [0.1, 0.15) is 0 Å². The Balaban J connectivity index is 1.90. The summed E-state index contributed by atoms with van der Waals surface area (Å²) >= 11 is 0. The fourth-order valence-corrected chi connectivity index (χ4v) is 3.64. The van der Waals surface area contributed by atoms with E-state index in [9.17, 15) is 8.42 Å². The van der Waals surface area contributed by atoms with Crippen LogP contribution in [-0.2, 0) is 16.6 Å². The Kier molecular flexibility index (Phi) is 4.65. The molecule has 1 aromatic rings. The smallest absolute Gasteiger partial charge is 0.242 e. The monoisotopic (exact) mass is 286 g/mol. The van der Waals surface area contributed by atoms with Gasteiger partial charge < -0.3 is 10.1 Å². The molecule has 0 spiro atoms. The summed E-state index contributed by atoms with van der Waals surface area (Å²) in [5, 5.41) is 8.93. The van der Waals surface area contributed by atoms with Crippen molar-refractivity contribution in [2.45, 2.75) is 44.1 Å². The molecular weight excluding hydrogens is 264 g/mol. The van der Waals surface area contributed by atoms with E-state index in [4.69, 9.17) is 5.11 Å². The van der Waals surface area contributed by atoms with Crippen LogP contribution in [0.1, 0.15) is 38.3 Å². The van der Waals surface area contributed by atoms with Crippen LogP contribution in [0.5, 0.6) is 0 Å². The predicted molar refractivity (Wildman–Crippen MR) is 73.0 cm³/mol. The van der Waals surface area contributed by atoms with E-state index < -0.39 is 10.0 Å². The number of sulfonamides is 1. The highest BCUT2D eigenvalue weighted by Gasteiger charge is 2.21. The minimum absolute atomic E-state index is 0.184. The second-order valence-electron chi connectivity index (χ2n) is 5.50. The molecule has 0 saturated heterocycles. The summed E-state index contributed by atoms with van der Waals surface area (Å²) in [6, 6.07) is 1.46. The molecule has 5 nitrogen and oxygen atoms in total. The minimum atomic E-state index is -3.45. The number of H-pyrrole nitrogens is 1. The lowest BCUT2D eigenvalue weighted by molar-refractivity contribution is 0.277. The summed E-state index contributed by atoms with van der Waals surface area (Å²) in [6.07, 6.45) is 5.98. The molecule has 1 aliphatic carbocycles. The van der Waals surface area contributed by atoms with Crippen molar-refractivity contribution in [2.24, 2.45) is 11.8 Å². The summed E-state index contributed by atoms with van der Waals surface area (Å²) in [6.45, 7) is 2.57. The van der Waals surface area contributed by atoms with Gasteiger partial charge >= 0.3 is 0 Å². The molecule has 0 aliphatic heterocycles. The van der Waals surface area contributed by atoms with Gasteiger partial charge in [-0.25, -0.2) is 13.1 Å². The molecule has 0 atom stereocenters. The molecule has 0 aromatic carbocycles. The van der Waals surface area contributed by atoms with Crippen LogP contribution in [-0.4, -0.2) is 25.1 Å². The molecule has 108 valence electrons. The van der Waals surface area contributed by atoms with E-state index in [-0.39, 0.29) is 11.5 Å². The van der Waals surface area contributed by atoms with Crippen molar-refractivity contribution in [1.82, 2.24) is 9.71 Å². The highest BCUT2D eigenvalue weighted by Crippen LogP contribution is 2.28. The third-order valence-electron chi connectivity index (χ3n) is 3.89. The van der Waals surface area contributed by atoms with Crippen molar-refractivity contribution in [3.8, 4) is 0 Å². The van der Waals surface area contributed by atoms with Crippen molar-refractivity contribution >= 4 is 10.0 Å². The second kappa shape index (κ2) is 6.07.